The summed E-state index contributed by atoms with van der Waals surface area (Å²) in [5.74, 6) is 0. The minimum atomic E-state index is 0. The summed E-state index contributed by atoms with van der Waals surface area (Å²) in [6, 6.07) is 0. The van der Waals surface area contributed by atoms with E-state index in [2.05, 4.69) is 5.32 Å². The van der Waals surface area contributed by atoms with Crippen LogP contribution in [0.25, 0.3) is 0 Å². The van der Waals surface area contributed by atoms with Crippen LogP contribution in [0, 0.1) is 37.7 Å². The van der Waals surface area contributed by atoms with Gasteiger partial charge in [-0.3, -0.25) is 0 Å². The average Bonchev–Trinajstić information content (AvgIpc) is 1.72. The fourth-order valence-corrected chi connectivity index (χ4v) is 0.516. The molecule has 0 amide bonds. The third-order valence-corrected chi connectivity index (χ3v) is 0.846. The second-order valence-electron chi connectivity index (χ2n) is 1.36. The van der Waals surface area contributed by atoms with Crippen LogP contribution in [0.3, 0.4) is 0 Å². The molecule has 0 atom stereocenters. The summed E-state index contributed by atoms with van der Waals surface area (Å²) in [5.41, 5.74) is 0. The first kappa shape index (κ1) is 8.18. The van der Waals surface area contributed by atoms with Crippen molar-refractivity contribution in [2.24, 2.45) is 0 Å². The van der Waals surface area contributed by atoms with Crippen LogP contribution in [0.1, 0.15) is 0 Å². The van der Waals surface area contributed by atoms with Gasteiger partial charge in [0.15, 0.2) is 0 Å². The third kappa shape index (κ3) is 3.74. The molecule has 0 aromatic carbocycles. The van der Waals surface area contributed by atoms with E-state index in [4.69, 9.17) is 4.74 Å². The Morgan fingerprint density at radius 3 is 1.86 bits per heavy atom. The minimum Gasteiger partial charge on any atom is -0.379 e. The van der Waals surface area contributed by atoms with E-state index in [9.17, 15) is 0 Å². The fraction of sp³-hybridized carbons (Fsp3) is 1.00. The topological polar surface area (TPSA) is 21.3 Å². The quantitative estimate of drug-likeness (QED) is 0.478. The van der Waals surface area contributed by atoms with E-state index in [0.717, 1.165) is 26.3 Å². The number of hydrogen-bond donors (Lipinski definition) is 1. The van der Waals surface area contributed by atoms with Crippen molar-refractivity contribution in [3.63, 3.8) is 0 Å². The van der Waals surface area contributed by atoms with Crippen LogP contribution in [0.15, 0.2) is 0 Å². The Morgan fingerprint density at radius 2 is 1.71 bits per heavy atom. The predicted octanol–water partition coefficient (Wildman–Crippen LogP) is -0.394. The van der Waals surface area contributed by atoms with Crippen molar-refractivity contribution in [2.45, 2.75) is 0 Å². The number of ether oxygens (including phenoxy) is 1. The van der Waals surface area contributed by atoms with Crippen molar-refractivity contribution >= 4 is 0 Å². The van der Waals surface area contributed by atoms with Gasteiger partial charge < -0.3 is 10.1 Å². The molecule has 1 fully saturated rings. The molecule has 2 nitrogen and oxygen atoms in total. The van der Waals surface area contributed by atoms with Gasteiger partial charge in [-0.1, -0.05) is 0 Å². The number of hydrogen-bond acceptors (Lipinski definition) is 2. The van der Waals surface area contributed by atoms with Crippen molar-refractivity contribution in [2.75, 3.05) is 26.3 Å². The first-order chi connectivity index (χ1) is 3.00. The molecule has 1 heterocycles. The summed E-state index contributed by atoms with van der Waals surface area (Å²) in [6.45, 7) is 3.83. The van der Waals surface area contributed by atoms with Crippen LogP contribution in [0.2, 0.25) is 0 Å². The zero-order valence-electron chi connectivity index (χ0n) is 4.09. The first-order valence-electron chi connectivity index (χ1n) is 2.28. The Hall–Kier alpha value is 1.18. The van der Waals surface area contributed by atoms with E-state index in [0.29, 0.717) is 0 Å². The summed E-state index contributed by atoms with van der Waals surface area (Å²) in [5, 5.41) is 3.16. The Balaban J connectivity index is 0.000000360. The Morgan fingerprint density at radius 1 is 1.14 bits per heavy atom. The molecule has 0 aliphatic carbocycles. The van der Waals surface area contributed by atoms with Crippen LogP contribution in [-0.4, -0.2) is 26.3 Å². The smallest absolute Gasteiger partial charge is 0.0591 e. The van der Waals surface area contributed by atoms with E-state index in [1.807, 2.05) is 0 Å². The Bertz CT molecular complexity index is 27.2. The zero-order chi connectivity index (χ0) is 4.24. The monoisotopic (exact) mass is 127 g/mol. The minimum absolute atomic E-state index is 0. The summed E-state index contributed by atoms with van der Waals surface area (Å²) in [7, 11) is 0. The van der Waals surface area contributed by atoms with E-state index < -0.39 is 0 Å². The first-order valence-corrected chi connectivity index (χ1v) is 2.28. The molecule has 0 saturated carbocycles. The second kappa shape index (κ2) is 5.32. The van der Waals surface area contributed by atoms with E-state index in [1.165, 1.54) is 0 Å². The fourth-order valence-electron chi connectivity index (χ4n) is 0.516. The van der Waals surface area contributed by atoms with Crippen molar-refractivity contribution in [1.29, 1.82) is 0 Å². The number of rotatable bonds is 0. The molecular formula is C4H9ArNO. The summed E-state index contributed by atoms with van der Waals surface area (Å²) in [4.78, 5) is 0. The largest absolute Gasteiger partial charge is 0.379 e. The maximum Gasteiger partial charge on any atom is 0.0591 e. The van der Waals surface area contributed by atoms with Gasteiger partial charge in [-0.15, -0.1) is 0 Å². The van der Waals surface area contributed by atoms with Gasteiger partial charge in [-0.25, -0.2) is 0 Å². The molecule has 0 bridgehead atoms. The van der Waals surface area contributed by atoms with Gasteiger partial charge in [0, 0.05) is 50.8 Å². The second-order valence-corrected chi connectivity index (χ2v) is 1.36. The SMILES string of the molecule is C1COCCN1.[Ar]. The van der Waals surface area contributed by atoms with Crippen LogP contribution in [0.4, 0.5) is 0 Å². The van der Waals surface area contributed by atoms with Gasteiger partial charge in [0.2, 0.25) is 0 Å². The van der Waals surface area contributed by atoms with E-state index >= 15 is 0 Å². The maximum absolute atomic E-state index is 5.01. The van der Waals surface area contributed by atoms with Crippen molar-refractivity contribution < 1.29 is 42.5 Å². The van der Waals surface area contributed by atoms with Crippen LogP contribution in [-0.2, 0) is 4.74 Å². The molecule has 7 heavy (non-hydrogen) atoms. The third-order valence-electron chi connectivity index (χ3n) is 0.846. The molecule has 1 rings (SSSR count). The molecule has 0 spiro atoms. The molecular weight excluding hydrogens is 118 g/mol. The molecule has 0 aromatic heterocycles. The molecule has 1 aliphatic rings. The van der Waals surface area contributed by atoms with Gasteiger partial charge >= 0.3 is 0 Å². The van der Waals surface area contributed by atoms with Gasteiger partial charge in [-0.2, -0.15) is 0 Å². The van der Waals surface area contributed by atoms with Gasteiger partial charge in [0.25, 0.3) is 0 Å². The van der Waals surface area contributed by atoms with Crippen LogP contribution in [0.5, 0.6) is 0 Å². The van der Waals surface area contributed by atoms with Gasteiger partial charge in [0.1, 0.15) is 0 Å². The number of nitrogens with one attached hydrogen (secondary N) is 1. The molecule has 0 unspecified atom stereocenters. The van der Waals surface area contributed by atoms with E-state index in [1.54, 1.807) is 0 Å². The normalized spacial score (nSPS) is 20.6. The molecule has 44 valence electrons. The standard InChI is InChI=1S/C4H9NO.Ar/c1-3-6-4-2-5-1;/h5H,1-4H2;. The summed E-state index contributed by atoms with van der Waals surface area (Å²) in [6.07, 6.45) is 0. The molecule has 1 saturated heterocycles. The molecule has 0 radical (unpaired) electrons. The zero-order valence-corrected chi connectivity index (χ0v) is 4.80. The predicted molar refractivity (Wildman–Crippen MR) is 23.7 cm³/mol. The molecule has 3 heteroatoms. The van der Waals surface area contributed by atoms with Gasteiger partial charge in [-0.05, 0) is 0 Å². The van der Waals surface area contributed by atoms with Crippen LogP contribution >= 0.6 is 0 Å². The molecule has 1 aliphatic heterocycles. The number of morpholine rings is 1. The Labute approximate surface area is 73.6 Å². The molecule has 1 N–H and O–H groups in total. The average molecular weight is 127 g/mol. The summed E-state index contributed by atoms with van der Waals surface area (Å²) >= 11 is 0. The van der Waals surface area contributed by atoms with Crippen molar-refractivity contribution in [3.05, 3.63) is 0 Å². The van der Waals surface area contributed by atoms with Gasteiger partial charge in [0.05, 0.1) is 13.2 Å². The molecule has 0 aromatic rings. The van der Waals surface area contributed by atoms with Crippen molar-refractivity contribution in [3.8, 4) is 0 Å². The van der Waals surface area contributed by atoms with Crippen LogP contribution < -0.4 is 5.32 Å². The maximum atomic E-state index is 5.01. The van der Waals surface area contributed by atoms with E-state index in [-0.39, 0.29) is 37.7 Å². The Kier molecular flexibility index (Phi) is 6.22. The summed E-state index contributed by atoms with van der Waals surface area (Å²) < 4.78 is 5.01. The van der Waals surface area contributed by atoms with Crippen molar-refractivity contribution in [1.82, 2.24) is 5.32 Å².